The van der Waals surface area contributed by atoms with Crippen LogP contribution < -0.4 is 10.1 Å². The summed E-state index contributed by atoms with van der Waals surface area (Å²) in [6.45, 7) is 2.71. The van der Waals surface area contributed by atoms with Gasteiger partial charge in [-0.25, -0.2) is 0 Å². The summed E-state index contributed by atoms with van der Waals surface area (Å²) in [4.78, 5) is 11.8. The highest BCUT2D eigenvalue weighted by Gasteiger charge is 2.18. The third kappa shape index (κ3) is 5.63. The summed E-state index contributed by atoms with van der Waals surface area (Å²) >= 11 is 0. The summed E-state index contributed by atoms with van der Waals surface area (Å²) in [5.41, 5.74) is 0.344. The molecule has 0 radical (unpaired) electrons. The van der Waals surface area contributed by atoms with Gasteiger partial charge in [-0.2, -0.15) is 0 Å². The molecule has 0 bridgehead atoms. The second-order valence-corrected chi connectivity index (χ2v) is 5.04. The molecule has 1 amide bonds. The number of ether oxygens (including phenoxy) is 1. The summed E-state index contributed by atoms with van der Waals surface area (Å²) in [6.07, 6.45) is 4.27. The molecule has 0 heterocycles. The van der Waals surface area contributed by atoms with Gasteiger partial charge in [0, 0.05) is 6.54 Å². The van der Waals surface area contributed by atoms with Crippen LogP contribution in [0.4, 0.5) is 0 Å². The number of benzene rings is 1. The van der Waals surface area contributed by atoms with Crippen LogP contribution in [-0.2, 0) is 4.79 Å². The Morgan fingerprint density at radius 2 is 2.00 bits per heavy atom. The normalized spacial score (nSPS) is 12.0. The standard InChI is InChI=1S/C16H25NO4/c1-3-4-5-6-7-10-17-16(20)15(19)12-8-9-14(21-2)13(18)11-12/h8-9,11,15,18-19H,3-7,10H2,1-2H3,(H,17,20). The Labute approximate surface area is 125 Å². The molecule has 1 aromatic carbocycles. The van der Waals surface area contributed by atoms with Gasteiger partial charge in [0.2, 0.25) is 0 Å². The van der Waals surface area contributed by atoms with Gasteiger partial charge in [0.1, 0.15) is 0 Å². The van der Waals surface area contributed by atoms with E-state index in [0.717, 1.165) is 12.8 Å². The quantitative estimate of drug-likeness (QED) is 0.612. The number of aliphatic hydroxyl groups excluding tert-OH is 1. The number of hydrogen-bond donors (Lipinski definition) is 3. The molecule has 0 aliphatic rings. The van der Waals surface area contributed by atoms with Crippen molar-refractivity contribution in [2.24, 2.45) is 0 Å². The van der Waals surface area contributed by atoms with E-state index in [9.17, 15) is 15.0 Å². The summed E-state index contributed by atoms with van der Waals surface area (Å²) < 4.78 is 4.92. The minimum Gasteiger partial charge on any atom is -0.504 e. The summed E-state index contributed by atoms with van der Waals surface area (Å²) in [5, 5.41) is 22.3. The van der Waals surface area contributed by atoms with Gasteiger partial charge in [-0.3, -0.25) is 4.79 Å². The van der Waals surface area contributed by atoms with E-state index in [2.05, 4.69) is 12.2 Å². The zero-order chi connectivity index (χ0) is 15.7. The topological polar surface area (TPSA) is 78.8 Å². The van der Waals surface area contributed by atoms with Crippen molar-refractivity contribution in [3.63, 3.8) is 0 Å². The molecule has 0 saturated carbocycles. The third-order valence-electron chi connectivity index (χ3n) is 3.35. The minimum atomic E-state index is -1.28. The first-order chi connectivity index (χ1) is 10.1. The smallest absolute Gasteiger partial charge is 0.253 e. The maximum atomic E-state index is 11.8. The van der Waals surface area contributed by atoms with Gasteiger partial charge in [-0.05, 0) is 24.1 Å². The Hall–Kier alpha value is -1.75. The Morgan fingerprint density at radius 3 is 2.62 bits per heavy atom. The van der Waals surface area contributed by atoms with Gasteiger partial charge in [-0.1, -0.05) is 38.7 Å². The number of phenols is 1. The molecule has 0 saturated heterocycles. The minimum absolute atomic E-state index is 0.0959. The highest BCUT2D eigenvalue weighted by molar-refractivity contribution is 5.82. The van der Waals surface area contributed by atoms with Crippen molar-refractivity contribution in [3.8, 4) is 11.5 Å². The summed E-state index contributed by atoms with van der Waals surface area (Å²) in [7, 11) is 1.44. The van der Waals surface area contributed by atoms with Gasteiger partial charge >= 0.3 is 0 Å². The van der Waals surface area contributed by atoms with Crippen LogP contribution in [0.5, 0.6) is 11.5 Å². The molecule has 0 spiro atoms. The lowest BCUT2D eigenvalue weighted by atomic mass is 10.1. The highest BCUT2D eigenvalue weighted by Crippen LogP contribution is 2.28. The van der Waals surface area contributed by atoms with Crippen LogP contribution in [0.1, 0.15) is 50.7 Å². The van der Waals surface area contributed by atoms with Gasteiger partial charge in [0.25, 0.3) is 5.91 Å². The largest absolute Gasteiger partial charge is 0.504 e. The van der Waals surface area contributed by atoms with E-state index < -0.39 is 12.0 Å². The Morgan fingerprint density at radius 1 is 1.29 bits per heavy atom. The maximum Gasteiger partial charge on any atom is 0.253 e. The molecular weight excluding hydrogens is 270 g/mol. The van der Waals surface area contributed by atoms with Crippen LogP contribution in [0.2, 0.25) is 0 Å². The third-order valence-corrected chi connectivity index (χ3v) is 3.35. The summed E-state index contributed by atoms with van der Waals surface area (Å²) in [6, 6.07) is 4.42. The predicted molar refractivity (Wildman–Crippen MR) is 81.4 cm³/mol. The molecule has 5 heteroatoms. The van der Waals surface area contributed by atoms with Crippen molar-refractivity contribution in [3.05, 3.63) is 23.8 Å². The van der Waals surface area contributed by atoms with Crippen molar-refractivity contribution in [2.75, 3.05) is 13.7 Å². The first kappa shape index (κ1) is 17.3. The number of carbonyl (C=O) groups excluding carboxylic acids is 1. The van der Waals surface area contributed by atoms with Gasteiger partial charge in [0.15, 0.2) is 17.6 Å². The highest BCUT2D eigenvalue weighted by atomic mass is 16.5. The molecule has 1 rings (SSSR count). The van der Waals surface area contributed by atoms with Gasteiger partial charge in [0.05, 0.1) is 7.11 Å². The average Bonchev–Trinajstić information content (AvgIpc) is 2.49. The molecular formula is C16H25NO4. The molecule has 21 heavy (non-hydrogen) atoms. The molecule has 0 fully saturated rings. The molecule has 0 aliphatic carbocycles. The molecule has 1 aromatic rings. The first-order valence-electron chi connectivity index (χ1n) is 7.42. The van der Waals surface area contributed by atoms with E-state index in [1.807, 2.05) is 0 Å². The number of hydrogen-bond acceptors (Lipinski definition) is 4. The zero-order valence-electron chi connectivity index (χ0n) is 12.8. The number of phenolic OH excluding ortho intramolecular Hbond substituents is 1. The SMILES string of the molecule is CCCCCCCNC(=O)C(O)c1ccc(OC)c(O)c1. The van der Waals surface area contributed by atoms with E-state index in [0.29, 0.717) is 17.9 Å². The number of methoxy groups -OCH3 is 1. The number of nitrogens with one attached hydrogen (secondary N) is 1. The van der Waals surface area contributed by atoms with E-state index in [4.69, 9.17) is 4.74 Å². The number of carbonyl (C=O) groups is 1. The molecule has 5 nitrogen and oxygen atoms in total. The van der Waals surface area contributed by atoms with Crippen LogP contribution in [0.3, 0.4) is 0 Å². The number of aromatic hydroxyl groups is 1. The Balaban J connectivity index is 2.41. The Bertz CT molecular complexity index is 448. The van der Waals surface area contributed by atoms with Crippen LogP contribution in [0.25, 0.3) is 0 Å². The fourth-order valence-electron chi connectivity index (χ4n) is 2.07. The number of rotatable bonds is 9. The van der Waals surface area contributed by atoms with E-state index in [1.165, 1.54) is 38.5 Å². The average molecular weight is 295 g/mol. The molecule has 3 N–H and O–H groups in total. The van der Waals surface area contributed by atoms with Crippen molar-refractivity contribution in [1.29, 1.82) is 0 Å². The maximum absolute atomic E-state index is 11.8. The predicted octanol–water partition coefficient (Wildman–Crippen LogP) is 2.52. The summed E-state index contributed by atoms with van der Waals surface area (Å²) in [5.74, 6) is -0.237. The van der Waals surface area contributed by atoms with Crippen molar-refractivity contribution in [2.45, 2.75) is 45.1 Å². The number of unbranched alkanes of at least 4 members (excludes halogenated alkanes) is 4. The van der Waals surface area contributed by atoms with Gasteiger partial charge < -0.3 is 20.3 Å². The van der Waals surface area contributed by atoms with E-state index >= 15 is 0 Å². The monoisotopic (exact) mass is 295 g/mol. The zero-order valence-corrected chi connectivity index (χ0v) is 12.8. The van der Waals surface area contributed by atoms with Crippen molar-refractivity contribution in [1.82, 2.24) is 5.32 Å². The van der Waals surface area contributed by atoms with Crippen LogP contribution in [0, 0.1) is 0 Å². The van der Waals surface area contributed by atoms with E-state index in [-0.39, 0.29) is 5.75 Å². The lowest BCUT2D eigenvalue weighted by Gasteiger charge is -2.13. The van der Waals surface area contributed by atoms with Crippen molar-refractivity contribution >= 4 is 5.91 Å². The lowest BCUT2D eigenvalue weighted by molar-refractivity contribution is -0.129. The van der Waals surface area contributed by atoms with Crippen LogP contribution in [-0.4, -0.2) is 29.8 Å². The number of aliphatic hydroxyl groups is 1. The van der Waals surface area contributed by atoms with E-state index in [1.54, 1.807) is 6.07 Å². The molecule has 118 valence electrons. The van der Waals surface area contributed by atoms with Crippen molar-refractivity contribution < 1.29 is 19.7 Å². The van der Waals surface area contributed by atoms with Gasteiger partial charge in [-0.15, -0.1) is 0 Å². The molecule has 1 unspecified atom stereocenters. The second-order valence-electron chi connectivity index (χ2n) is 5.04. The lowest BCUT2D eigenvalue weighted by Crippen LogP contribution is -2.30. The second kappa shape index (κ2) is 9.23. The number of amides is 1. The Kier molecular flexibility index (Phi) is 7.61. The fourth-order valence-corrected chi connectivity index (χ4v) is 2.07. The molecule has 0 aliphatic heterocycles. The van der Waals surface area contributed by atoms with Crippen LogP contribution >= 0.6 is 0 Å². The molecule has 1 atom stereocenters. The van der Waals surface area contributed by atoms with Crippen LogP contribution in [0.15, 0.2) is 18.2 Å². The first-order valence-corrected chi connectivity index (χ1v) is 7.42. The molecule has 0 aromatic heterocycles. The fraction of sp³-hybridized carbons (Fsp3) is 0.562.